The van der Waals surface area contributed by atoms with E-state index in [1.807, 2.05) is 0 Å². The average molecular weight is 286 g/mol. The minimum atomic E-state index is 0.191. The molecule has 1 heterocycles. The summed E-state index contributed by atoms with van der Waals surface area (Å²) in [4.78, 5) is 5.06. The van der Waals surface area contributed by atoms with Crippen molar-refractivity contribution in [2.24, 2.45) is 0 Å². The third-order valence-electron chi connectivity index (χ3n) is 2.83. The highest BCUT2D eigenvalue weighted by atomic mass is 79.9. The summed E-state index contributed by atoms with van der Waals surface area (Å²) in [5.74, 6) is 0.987. The standard InChI is InChI=1S/C12H16BrNO2/c1-8-5-6-9(13)11-10(14-15-2)4-3-7-16-12(8)11/h5-6,10,14H,3-4,7H2,1-2H3. The minimum absolute atomic E-state index is 0.191. The number of rotatable bonds is 2. The highest BCUT2D eigenvalue weighted by molar-refractivity contribution is 9.10. The molecule has 4 heteroatoms. The number of aryl methyl sites for hydroxylation is 1. The van der Waals surface area contributed by atoms with Gasteiger partial charge >= 0.3 is 0 Å². The number of benzene rings is 1. The Bertz CT molecular complexity index is 382. The van der Waals surface area contributed by atoms with Crippen LogP contribution in [0, 0.1) is 6.92 Å². The lowest BCUT2D eigenvalue weighted by molar-refractivity contribution is 0.0577. The molecule has 88 valence electrons. The predicted octanol–water partition coefficient (Wildman–Crippen LogP) is 3.12. The second kappa shape index (κ2) is 5.17. The zero-order chi connectivity index (χ0) is 11.5. The van der Waals surface area contributed by atoms with Crippen LogP contribution >= 0.6 is 15.9 Å². The maximum absolute atomic E-state index is 5.81. The quantitative estimate of drug-likeness (QED) is 0.847. The lowest BCUT2D eigenvalue weighted by atomic mass is 10.0. The number of halogens is 1. The highest BCUT2D eigenvalue weighted by Gasteiger charge is 2.23. The number of fused-ring (bicyclic) bond motifs is 1. The van der Waals surface area contributed by atoms with Crippen molar-refractivity contribution in [3.05, 3.63) is 27.7 Å². The van der Waals surface area contributed by atoms with Gasteiger partial charge in [-0.3, -0.25) is 0 Å². The van der Waals surface area contributed by atoms with Crippen LogP contribution in [0.4, 0.5) is 0 Å². The Morgan fingerprint density at radius 2 is 2.31 bits per heavy atom. The normalized spacial score (nSPS) is 19.8. The van der Waals surface area contributed by atoms with Crippen LogP contribution in [0.15, 0.2) is 16.6 Å². The van der Waals surface area contributed by atoms with Gasteiger partial charge in [0.2, 0.25) is 0 Å². The number of ether oxygens (including phenoxy) is 1. The summed E-state index contributed by atoms with van der Waals surface area (Å²) in [6.07, 6.45) is 2.05. The molecule has 0 amide bonds. The van der Waals surface area contributed by atoms with Gasteiger partial charge in [-0.15, -0.1) is 0 Å². The summed E-state index contributed by atoms with van der Waals surface area (Å²) in [7, 11) is 1.65. The Kier molecular flexibility index (Phi) is 3.84. The van der Waals surface area contributed by atoms with Crippen molar-refractivity contribution in [1.29, 1.82) is 0 Å². The van der Waals surface area contributed by atoms with Crippen molar-refractivity contribution < 1.29 is 9.57 Å². The molecule has 0 aromatic heterocycles. The monoisotopic (exact) mass is 285 g/mol. The van der Waals surface area contributed by atoms with E-state index in [4.69, 9.17) is 9.57 Å². The van der Waals surface area contributed by atoms with Gasteiger partial charge in [0.1, 0.15) is 5.75 Å². The molecule has 2 rings (SSSR count). The maximum atomic E-state index is 5.81. The molecular formula is C12H16BrNO2. The first kappa shape index (κ1) is 11.9. The topological polar surface area (TPSA) is 30.5 Å². The number of hydroxylamine groups is 1. The van der Waals surface area contributed by atoms with Crippen molar-refractivity contribution in [3.8, 4) is 5.75 Å². The summed E-state index contributed by atoms with van der Waals surface area (Å²) in [6, 6.07) is 4.32. The van der Waals surface area contributed by atoms with Gasteiger partial charge in [-0.1, -0.05) is 22.0 Å². The molecule has 0 radical (unpaired) electrons. The Morgan fingerprint density at radius 3 is 3.06 bits per heavy atom. The zero-order valence-corrected chi connectivity index (χ0v) is 11.1. The van der Waals surface area contributed by atoms with Crippen LogP contribution < -0.4 is 10.2 Å². The molecule has 0 saturated heterocycles. The van der Waals surface area contributed by atoms with Crippen LogP contribution in [0.25, 0.3) is 0 Å². The van der Waals surface area contributed by atoms with Gasteiger partial charge in [0.15, 0.2) is 0 Å². The lowest BCUT2D eigenvalue weighted by Crippen LogP contribution is -2.20. The van der Waals surface area contributed by atoms with Gasteiger partial charge in [0.05, 0.1) is 19.8 Å². The Balaban J connectivity index is 2.46. The molecule has 0 bridgehead atoms. The molecular weight excluding hydrogens is 270 g/mol. The molecule has 0 spiro atoms. The smallest absolute Gasteiger partial charge is 0.128 e. The Labute approximate surface area is 104 Å². The van der Waals surface area contributed by atoms with Crippen molar-refractivity contribution in [2.75, 3.05) is 13.7 Å². The summed E-state index contributed by atoms with van der Waals surface area (Å²) < 4.78 is 6.88. The molecule has 0 fully saturated rings. The Morgan fingerprint density at radius 1 is 1.50 bits per heavy atom. The van der Waals surface area contributed by atoms with E-state index in [0.29, 0.717) is 0 Å². The lowest BCUT2D eigenvalue weighted by Gasteiger charge is -2.19. The summed E-state index contributed by atoms with van der Waals surface area (Å²) in [5.41, 5.74) is 5.37. The van der Waals surface area contributed by atoms with Crippen molar-refractivity contribution in [3.63, 3.8) is 0 Å². The molecule has 1 aliphatic rings. The van der Waals surface area contributed by atoms with Crippen molar-refractivity contribution in [1.82, 2.24) is 5.48 Å². The first-order valence-corrected chi connectivity index (χ1v) is 6.23. The fraction of sp³-hybridized carbons (Fsp3) is 0.500. The van der Waals surface area contributed by atoms with Gasteiger partial charge in [-0.25, -0.2) is 0 Å². The van der Waals surface area contributed by atoms with E-state index in [9.17, 15) is 0 Å². The van der Waals surface area contributed by atoms with Crippen LogP contribution in [-0.2, 0) is 4.84 Å². The first-order valence-electron chi connectivity index (χ1n) is 5.44. The van der Waals surface area contributed by atoms with Crippen LogP contribution in [0.5, 0.6) is 5.75 Å². The van der Waals surface area contributed by atoms with Crippen LogP contribution in [0.1, 0.15) is 30.0 Å². The summed E-state index contributed by atoms with van der Waals surface area (Å²) in [5, 5.41) is 0. The van der Waals surface area contributed by atoms with Crippen LogP contribution in [0.2, 0.25) is 0 Å². The van der Waals surface area contributed by atoms with Crippen LogP contribution in [0.3, 0.4) is 0 Å². The van der Waals surface area contributed by atoms with E-state index in [1.54, 1.807) is 7.11 Å². The largest absolute Gasteiger partial charge is 0.493 e. The van der Waals surface area contributed by atoms with Gasteiger partial charge < -0.3 is 9.57 Å². The average Bonchev–Trinajstić information content (AvgIpc) is 2.48. The van der Waals surface area contributed by atoms with Gasteiger partial charge in [-0.2, -0.15) is 5.48 Å². The molecule has 0 aliphatic carbocycles. The molecule has 1 unspecified atom stereocenters. The molecule has 1 N–H and O–H groups in total. The van der Waals surface area contributed by atoms with E-state index in [-0.39, 0.29) is 6.04 Å². The van der Waals surface area contributed by atoms with E-state index in [2.05, 4.69) is 40.5 Å². The van der Waals surface area contributed by atoms with Gasteiger partial charge in [0, 0.05) is 10.0 Å². The summed E-state index contributed by atoms with van der Waals surface area (Å²) in [6.45, 7) is 2.84. The zero-order valence-electron chi connectivity index (χ0n) is 9.55. The molecule has 1 aliphatic heterocycles. The van der Waals surface area contributed by atoms with Crippen LogP contribution in [-0.4, -0.2) is 13.7 Å². The van der Waals surface area contributed by atoms with Gasteiger partial charge in [-0.05, 0) is 31.4 Å². The third-order valence-corrected chi connectivity index (χ3v) is 3.52. The van der Waals surface area contributed by atoms with E-state index >= 15 is 0 Å². The second-order valence-electron chi connectivity index (χ2n) is 3.97. The van der Waals surface area contributed by atoms with Crippen molar-refractivity contribution in [2.45, 2.75) is 25.8 Å². The third kappa shape index (κ3) is 2.24. The van der Waals surface area contributed by atoms with E-state index in [1.165, 1.54) is 11.1 Å². The number of nitrogens with one attached hydrogen (secondary N) is 1. The maximum Gasteiger partial charge on any atom is 0.128 e. The number of hydrogen-bond donors (Lipinski definition) is 1. The Hall–Kier alpha value is -0.580. The van der Waals surface area contributed by atoms with Crippen molar-refractivity contribution >= 4 is 15.9 Å². The molecule has 1 aromatic rings. The van der Waals surface area contributed by atoms with Gasteiger partial charge in [0.25, 0.3) is 0 Å². The fourth-order valence-electron chi connectivity index (χ4n) is 2.07. The summed E-state index contributed by atoms with van der Waals surface area (Å²) >= 11 is 3.59. The van der Waals surface area contributed by atoms with E-state index < -0.39 is 0 Å². The molecule has 1 atom stereocenters. The predicted molar refractivity (Wildman–Crippen MR) is 66.5 cm³/mol. The first-order chi connectivity index (χ1) is 7.74. The molecule has 3 nitrogen and oxygen atoms in total. The second-order valence-corrected chi connectivity index (χ2v) is 4.83. The highest BCUT2D eigenvalue weighted by Crippen LogP contribution is 2.39. The number of hydrogen-bond acceptors (Lipinski definition) is 3. The SMILES string of the molecule is CONC1CCCOc2c(C)ccc(Br)c21. The fourth-order valence-corrected chi connectivity index (χ4v) is 2.66. The van der Waals surface area contributed by atoms with E-state index in [0.717, 1.165) is 29.7 Å². The molecule has 16 heavy (non-hydrogen) atoms. The molecule has 1 aromatic carbocycles. The minimum Gasteiger partial charge on any atom is -0.493 e. The molecule has 0 saturated carbocycles.